The average Bonchev–Trinajstić information content (AvgIpc) is 2.84. The summed E-state index contributed by atoms with van der Waals surface area (Å²) in [5.74, 6) is -0.736. The molecule has 2 fully saturated rings. The van der Waals surface area contributed by atoms with Crippen LogP contribution in [-0.4, -0.2) is 52.9 Å². The van der Waals surface area contributed by atoms with Crippen molar-refractivity contribution in [3.8, 4) is 0 Å². The molecule has 27 heavy (non-hydrogen) atoms. The average molecular weight is 372 g/mol. The summed E-state index contributed by atoms with van der Waals surface area (Å²) in [6.45, 7) is 3.67. The maximum absolute atomic E-state index is 12.8. The Morgan fingerprint density at radius 3 is 2.44 bits per heavy atom. The Bertz CT molecular complexity index is 686. The molecule has 2 aliphatic rings. The number of hydrogen-bond donors (Lipinski definition) is 2. The molecule has 146 valence electrons. The lowest BCUT2D eigenvalue weighted by Crippen LogP contribution is -2.51. The Kier molecular flexibility index (Phi) is 6.11. The molecule has 2 N–H and O–H groups in total. The molecule has 2 saturated heterocycles. The lowest BCUT2D eigenvalue weighted by atomic mass is 9.93. The number of rotatable bonds is 6. The summed E-state index contributed by atoms with van der Waals surface area (Å²) in [5.41, 5.74) is 2.58. The van der Waals surface area contributed by atoms with Crippen molar-refractivity contribution < 1.29 is 14.4 Å². The van der Waals surface area contributed by atoms with E-state index in [1.165, 1.54) is 12.8 Å². The van der Waals surface area contributed by atoms with Gasteiger partial charge in [0.15, 0.2) is 0 Å². The van der Waals surface area contributed by atoms with E-state index in [0.29, 0.717) is 12.8 Å². The van der Waals surface area contributed by atoms with Crippen molar-refractivity contribution >= 4 is 17.8 Å². The van der Waals surface area contributed by atoms with Crippen LogP contribution in [0.25, 0.3) is 0 Å². The standard InChI is InChI=1S/C20H28N4O3/c1-20(12-11-16-9-5-4-6-10-16)18(26)24(19(27)21-20)22-17(25)15-23-13-7-2-3-8-14-23/h4-6,9-10H,2-3,7-8,11-15H2,1H3,(H,21,27)(H,22,25). The Labute approximate surface area is 160 Å². The smallest absolute Gasteiger partial charge is 0.322 e. The van der Waals surface area contributed by atoms with Crippen molar-refractivity contribution in [3.63, 3.8) is 0 Å². The van der Waals surface area contributed by atoms with Gasteiger partial charge in [-0.1, -0.05) is 43.2 Å². The number of hydrazine groups is 1. The number of benzene rings is 1. The maximum Gasteiger partial charge on any atom is 0.344 e. The second-order valence-corrected chi connectivity index (χ2v) is 7.61. The molecule has 1 atom stereocenters. The van der Waals surface area contributed by atoms with E-state index in [2.05, 4.69) is 15.6 Å². The van der Waals surface area contributed by atoms with Crippen LogP contribution in [0.1, 0.15) is 44.6 Å². The number of likely N-dealkylation sites (tertiary alicyclic amines) is 1. The van der Waals surface area contributed by atoms with Crippen LogP contribution < -0.4 is 10.7 Å². The van der Waals surface area contributed by atoms with E-state index >= 15 is 0 Å². The fourth-order valence-electron chi connectivity index (χ4n) is 3.65. The van der Waals surface area contributed by atoms with E-state index in [0.717, 1.165) is 36.5 Å². The van der Waals surface area contributed by atoms with Crippen molar-refractivity contribution in [3.05, 3.63) is 35.9 Å². The normalized spacial score (nSPS) is 23.8. The lowest BCUT2D eigenvalue weighted by Gasteiger charge is -2.23. The highest BCUT2D eigenvalue weighted by atomic mass is 16.2. The second kappa shape index (κ2) is 8.52. The molecule has 0 bridgehead atoms. The highest BCUT2D eigenvalue weighted by Gasteiger charge is 2.48. The molecule has 0 aliphatic carbocycles. The van der Waals surface area contributed by atoms with Gasteiger partial charge in [0, 0.05) is 0 Å². The minimum atomic E-state index is -1.01. The molecule has 3 rings (SSSR count). The molecule has 2 aliphatic heterocycles. The van der Waals surface area contributed by atoms with E-state index < -0.39 is 17.5 Å². The number of imide groups is 1. The first kappa shape index (κ1) is 19.4. The zero-order valence-electron chi connectivity index (χ0n) is 15.9. The zero-order chi connectivity index (χ0) is 19.3. The van der Waals surface area contributed by atoms with Gasteiger partial charge in [0.05, 0.1) is 6.54 Å². The van der Waals surface area contributed by atoms with Gasteiger partial charge in [-0.25, -0.2) is 4.79 Å². The summed E-state index contributed by atoms with van der Waals surface area (Å²) in [6.07, 6.45) is 5.66. The Balaban J connectivity index is 1.55. The number of urea groups is 1. The van der Waals surface area contributed by atoms with Gasteiger partial charge < -0.3 is 5.32 Å². The molecule has 2 heterocycles. The van der Waals surface area contributed by atoms with Crippen molar-refractivity contribution in [1.82, 2.24) is 20.7 Å². The molecule has 7 heteroatoms. The van der Waals surface area contributed by atoms with E-state index in [9.17, 15) is 14.4 Å². The third kappa shape index (κ3) is 4.86. The third-order valence-electron chi connectivity index (χ3n) is 5.32. The van der Waals surface area contributed by atoms with E-state index in [4.69, 9.17) is 0 Å². The van der Waals surface area contributed by atoms with Crippen LogP contribution >= 0.6 is 0 Å². The van der Waals surface area contributed by atoms with Crippen LogP contribution in [0.2, 0.25) is 0 Å². The Morgan fingerprint density at radius 1 is 1.11 bits per heavy atom. The number of carbonyl (C=O) groups excluding carboxylic acids is 3. The van der Waals surface area contributed by atoms with Crippen LogP contribution in [0.4, 0.5) is 4.79 Å². The molecule has 0 spiro atoms. The quantitative estimate of drug-likeness (QED) is 0.747. The molecule has 0 radical (unpaired) electrons. The molecular weight excluding hydrogens is 344 g/mol. The first-order valence-corrected chi connectivity index (χ1v) is 9.70. The SMILES string of the molecule is CC1(CCc2ccccc2)NC(=O)N(NC(=O)CN2CCCCCC2)C1=O. The van der Waals surface area contributed by atoms with Crippen LogP contribution in [0.3, 0.4) is 0 Å². The molecule has 4 amide bonds. The van der Waals surface area contributed by atoms with Gasteiger partial charge in [-0.3, -0.25) is 19.9 Å². The molecule has 1 aromatic carbocycles. The second-order valence-electron chi connectivity index (χ2n) is 7.61. The fraction of sp³-hybridized carbons (Fsp3) is 0.550. The van der Waals surface area contributed by atoms with Gasteiger partial charge in [0.1, 0.15) is 5.54 Å². The van der Waals surface area contributed by atoms with E-state index in [1.807, 2.05) is 30.3 Å². The van der Waals surface area contributed by atoms with Gasteiger partial charge in [0.2, 0.25) is 0 Å². The van der Waals surface area contributed by atoms with Crippen LogP contribution in [0, 0.1) is 0 Å². The van der Waals surface area contributed by atoms with Crippen LogP contribution in [0.5, 0.6) is 0 Å². The molecule has 1 unspecified atom stereocenters. The summed E-state index contributed by atoms with van der Waals surface area (Å²) in [7, 11) is 0. The summed E-state index contributed by atoms with van der Waals surface area (Å²) >= 11 is 0. The van der Waals surface area contributed by atoms with Gasteiger partial charge in [0.25, 0.3) is 11.8 Å². The number of nitrogens with one attached hydrogen (secondary N) is 2. The van der Waals surface area contributed by atoms with Crippen molar-refractivity contribution in [2.24, 2.45) is 0 Å². The molecule has 7 nitrogen and oxygen atoms in total. The van der Waals surface area contributed by atoms with Gasteiger partial charge >= 0.3 is 6.03 Å². The number of hydrogen-bond acceptors (Lipinski definition) is 4. The first-order chi connectivity index (χ1) is 13.0. The number of nitrogens with zero attached hydrogens (tertiary/aromatic N) is 2. The Morgan fingerprint density at radius 2 is 1.78 bits per heavy atom. The maximum atomic E-state index is 12.8. The predicted molar refractivity (Wildman–Crippen MR) is 102 cm³/mol. The fourth-order valence-corrected chi connectivity index (χ4v) is 3.65. The van der Waals surface area contributed by atoms with E-state index in [-0.39, 0.29) is 12.5 Å². The summed E-state index contributed by atoms with van der Waals surface area (Å²) < 4.78 is 0. The predicted octanol–water partition coefficient (Wildman–Crippen LogP) is 1.84. The minimum Gasteiger partial charge on any atom is -0.322 e. The summed E-state index contributed by atoms with van der Waals surface area (Å²) in [5, 5.41) is 3.57. The van der Waals surface area contributed by atoms with Crippen molar-refractivity contribution in [1.29, 1.82) is 0 Å². The third-order valence-corrected chi connectivity index (χ3v) is 5.32. The monoisotopic (exact) mass is 372 g/mol. The minimum absolute atomic E-state index is 0.206. The molecular formula is C20H28N4O3. The summed E-state index contributed by atoms with van der Waals surface area (Å²) in [4.78, 5) is 39.4. The first-order valence-electron chi connectivity index (χ1n) is 9.70. The van der Waals surface area contributed by atoms with Crippen LogP contribution in [-0.2, 0) is 16.0 Å². The molecule has 1 aromatic rings. The topological polar surface area (TPSA) is 81.8 Å². The van der Waals surface area contributed by atoms with Gasteiger partial charge in [-0.2, -0.15) is 5.01 Å². The number of carbonyl (C=O) groups is 3. The summed E-state index contributed by atoms with van der Waals surface area (Å²) in [6, 6.07) is 9.25. The lowest BCUT2D eigenvalue weighted by molar-refractivity contribution is -0.139. The zero-order valence-corrected chi connectivity index (χ0v) is 15.9. The number of aryl methyl sites for hydroxylation is 1. The van der Waals surface area contributed by atoms with E-state index in [1.54, 1.807) is 6.92 Å². The van der Waals surface area contributed by atoms with Crippen LogP contribution in [0.15, 0.2) is 30.3 Å². The number of amides is 4. The van der Waals surface area contributed by atoms with Crippen molar-refractivity contribution in [2.45, 2.75) is 51.0 Å². The largest absolute Gasteiger partial charge is 0.344 e. The highest BCUT2D eigenvalue weighted by molar-refractivity contribution is 6.07. The highest BCUT2D eigenvalue weighted by Crippen LogP contribution is 2.22. The Hall–Kier alpha value is -2.41. The molecule has 0 saturated carbocycles. The van der Waals surface area contributed by atoms with Gasteiger partial charge in [-0.05, 0) is 51.3 Å². The van der Waals surface area contributed by atoms with Gasteiger partial charge in [-0.15, -0.1) is 0 Å². The van der Waals surface area contributed by atoms with Crippen molar-refractivity contribution in [2.75, 3.05) is 19.6 Å². The molecule has 0 aromatic heterocycles.